The van der Waals surface area contributed by atoms with Crippen LogP contribution in [0.2, 0.25) is 0 Å². The van der Waals surface area contributed by atoms with E-state index >= 15 is 0 Å². The molecular formula is C23H28N10O6S. The van der Waals surface area contributed by atoms with Gasteiger partial charge >= 0.3 is 6.09 Å². The quantitative estimate of drug-likeness (QED) is 0.182. The molecule has 0 bridgehead atoms. The van der Waals surface area contributed by atoms with Gasteiger partial charge in [-0.05, 0) is 39.3 Å². The molecule has 0 aliphatic carbocycles. The molecule has 0 spiro atoms. The molecule has 1 atom stereocenters. The molecule has 17 heteroatoms. The summed E-state index contributed by atoms with van der Waals surface area (Å²) < 4.78 is 33.2. The highest BCUT2D eigenvalue weighted by atomic mass is 32.2. The zero-order valence-electron chi connectivity index (χ0n) is 21.8. The Hall–Kier alpha value is -4.48. The van der Waals surface area contributed by atoms with Crippen molar-refractivity contribution in [1.82, 2.24) is 34.7 Å². The molecule has 1 unspecified atom stereocenters. The molecule has 0 saturated carbocycles. The lowest BCUT2D eigenvalue weighted by Gasteiger charge is -2.19. The minimum absolute atomic E-state index is 0.134. The Morgan fingerprint density at radius 2 is 1.73 bits per heavy atom. The number of aliphatic hydroxyl groups is 2. The van der Waals surface area contributed by atoms with Gasteiger partial charge in [-0.15, -0.1) is 0 Å². The van der Waals surface area contributed by atoms with Crippen LogP contribution >= 0.6 is 0 Å². The van der Waals surface area contributed by atoms with Crippen LogP contribution < -0.4 is 15.4 Å². The summed E-state index contributed by atoms with van der Waals surface area (Å²) in [5, 5.41) is 28.7. The van der Waals surface area contributed by atoms with Crippen molar-refractivity contribution in [3.63, 3.8) is 0 Å². The average molecular weight is 573 g/mol. The molecule has 16 nitrogen and oxygen atoms in total. The van der Waals surface area contributed by atoms with Gasteiger partial charge in [0.1, 0.15) is 5.60 Å². The Kier molecular flexibility index (Phi) is 8.36. The molecule has 1 amide bonds. The maximum absolute atomic E-state index is 12.1. The van der Waals surface area contributed by atoms with Crippen LogP contribution in [-0.2, 0) is 14.8 Å². The zero-order chi connectivity index (χ0) is 28.9. The highest BCUT2D eigenvalue weighted by molar-refractivity contribution is 7.92. The molecular weight excluding hydrogens is 544 g/mol. The van der Waals surface area contributed by atoms with Crippen LogP contribution in [0, 0.1) is 0 Å². The van der Waals surface area contributed by atoms with Crippen LogP contribution in [0.25, 0.3) is 16.9 Å². The molecule has 0 radical (unpaired) electrons. The van der Waals surface area contributed by atoms with Gasteiger partial charge in [0.2, 0.25) is 21.9 Å². The summed E-state index contributed by atoms with van der Waals surface area (Å²) in [6.07, 6.45) is 5.44. The van der Waals surface area contributed by atoms with Crippen LogP contribution in [0.15, 0.2) is 43.1 Å². The number of hydrogen-bond donors (Lipinski definition) is 5. The smallest absolute Gasteiger partial charge is 0.412 e. The number of hydrogen-bond acceptors (Lipinski definition) is 13. The average Bonchev–Trinajstić information content (AvgIpc) is 3.31. The highest BCUT2D eigenvalue weighted by Crippen LogP contribution is 2.20. The molecule has 0 aromatic carbocycles. The number of pyridine rings is 1. The molecule has 40 heavy (non-hydrogen) atoms. The normalized spacial score (nSPS) is 12.6. The number of carbonyl (C=O) groups is 1. The zero-order valence-corrected chi connectivity index (χ0v) is 22.6. The first-order valence-corrected chi connectivity index (χ1v) is 13.6. The fourth-order valence-electron chi connectivity index (χ4n) is 3.20. The first-order chi connectivity index (χ1) is 18.9. The van der Waals surface area contributed by atoms with E-state index in [-0.39, 0.29) is 18.3 Å². The third-order valence-corrected chi connectivity index (χ3v) is 6.27. The second-order valence-corrected chi connectivity index (χ2v) is 11.4. The van der Waals surface area contributed by atoms with E-state index in [1.54, 1.807) is 45.3 Å². The van der Waals surface area contributed by atoms with Crippen molar-refractivity contribution in [3.05, 3.63) is 43.1 Å². The number of aromatic nitrogens is 7. The van der Waals surface area contributed by atoms with Gasteiger partial charge in [0, 0.05) is 6.20 Å². The van der Waals surface area contributed by atoms with Gasteiger partial charge in [0.15, 0.2) is 11.5 Å². The summed E-state index contributed by atoms with van der Waals surface area (Å²) in [7, 11) is -3.81. The Bertz CT molecular complexity index is 1570. The van der Waals surface area contributed by atoms with Crippen LogP contribution in [0.3, 0.4) is 0 Å². The van der Waals surface area contributed by atoms with Crippen molar-refractivity contribution in [3.8, 4) is 5.82 Å². The molecule has 0 aliphatic rings. The minimum Gasteiger partial charge on any atom is -0.444 e. The number of rotatable bonds is 10. The van der Waals surface area contributed by atoms with Crippen molar-refractivity contribution in [2.45, 2.75) is 38.9 Å². The van der Waals surface area contributed by atoms with E-state index in [4.69, 9.17) is 9.84 Å². The summed E-state index contributed by atoms with van der Waals surface area (Å²) in [4.78, 5) is 33.0. The monoisotopic (exact) mass is 572 g/mol. The Balaban J connectivity index is 1.43. The van der Waals surface area contributed by atoms with E-state index in [2.05, 4.69) is 45.4 Å². The van der Waals surface area contributed by atoms with E-state index in [0.29, 0.717) is 28.2 Å². The van der Waals surface area contributed by atoms with Gasteiger partial charge < -0.3 is 20.3 Å². The molecule has 0 fully saturated rings. The third kappa shape index (κ3) is 7.78. The predicted molar refractivity (Wildman–Crippen MR) is 145 cm³/mol. The number of sulfonamides is 1. The third-order valence-electron chi connectivity index (χ3n) is 5.00. The van der Waals surface area contributed by atoms with Gasteiger partial charge in [-0.25, -0.2) is 33.1 Å². The van der Waals surface area contributed by atoms with Gasteiger partial charge in [-0.3, -0.25) is 10.0 Å². The van der Waals surface area contributed by atoms with Gasteiger partial charge in [-0.2, -0.15) is 14.8 Å². The predicted octanol–water partition coefficient (Wildman–Crippen LogP) is 1.58. The molecule has 4 rings (SSSR count). The maximum atomic E-state index is 12.1. The number of aliphatic hydroxyl groups excluding tert-OH is 2. The van der Waals surface area contributed by atoms with E-state index in [1.165, 1.54) is 23.3 Å². The molecule has 4 aromatic rings. The number of ether oxygens (including phenoxy) is 1. The number of amides is 1. The van der Waals surface area contributed by atoms with Crippen LogP contribution in [-0.4, -0.2) is 83.5 Å². The van der Waals surface area contributed by atoms with E-state index in [0.717, 1.165) is 0 Å². The molecule has 5 N–H and O–H groups in total. The summed E-state index contributed by atoms with van der Waals surface area (Å²) in [5.41, 5.74) is 0.655. The summed E-state index contributed by atoms with van der Waals surface area (Å²) in [6.45, 7) is 4.78. The van der Waals surface area contributed by atoms with Crippen LogP contribution in [0.4, 0.5) is 28.1 Å². The second kappa shape index (κ2) is 11.7. The fraction of sp³-hybridized carbons (Fsp3) is 0.348. The second-order valence-electron chi connectivity index (χ2n) is 9.53. The van der Waals surface area contributed by atoms with E-state index < -0.39 is 40.2 Å². The summed E-state index contributed by atoms with van der Waals surface area (Å²) in [5.74, 6) is 0.0831. The van der Waals surface area contributed by atoms with Crippen LogP contribution in [0.1, 0.15) is 27.2 Å². The lowest BCUT2D eigenvalue weighted by atomic mass is 10.2. The van der Waals surface area contributed by atoms with E-state index in [1.807, 2.05) is 0 Å². The van der Waals surface area contributed by atoms with E-state index in [9.17, 15) is 18.3 Å². The van der Waals surface area contributed by atoms with Crippen molar-refractivity contribution in [1.29, 1.82) is 0 Å². The molecule has 0 aliphatic heterocycles. The highest BCUT2D eigenvalue weighted by Gasteiger charge is 2.17. The Labute approximate surface area is 228 Å². The molecule has 212 valence electrons. The van der Waals surface area contributed by atoms with Gasteiger partial charge in [0.05, 0.1) is 60.0 Å². The topological polar surface area (TPSA) is 219 Å². The lowest BCUT2D eigenvalue weighted by Crippen LogP contribution is -2.27. The van der Waals surface area contributed by atoms with Crippen molar-refractivity contribution < 1.29 is 28.2 Å². The molecule has 4 heterocycles. The summed E-state index contributed by atoms with van der Waals surface area (Å²) in [6, 6.07) is 3.31. The number of anilines is 4. The van der Waals surface area contributed by atoms with Crippen molar-refractivity contribution in [2.24, 2.45) is 0 Å². The maximum Gasteiger partial charge on any atom is 0.412 e. The van der Waals surface area contributed by atoms with Crippen LogP contribution in [0.5, 0.6) is 0 Å². The Morgan fingerprint density at radius 1 is 1.02 bits per heavy atom. The first kappa shape index (κ1) is 28.5. The largest absolute Gasteiger partial charge is 0.444 e. The SMILES string of the molecule is CC(C)(C)OC(=O)Nc1ccc(-n2ncc3cnc(Nc4cnc(NS(=O)(=O)CCC(O)CO)nc4)nc32)nc1. The van der Waals surface area contributed by atoms with Gasteiger partial charge in [-0.1, -0.05) is 0 Å². The van der Waals surface area contributed by atoms with Gasteiger partial charge in [0.25, 0.3) is 0 Å². The number of fused-ring (bicyclic) bond motifs is 1. The fourth-order valence-corrected chi connectivity index (χ4v) is 4.27. The standard InChI is InChI=1S/C23H28N10O6S/c1-23(2,3)39-22(36)30-15-4-5-18(24-10-15)33-19-14(9-28-33)8-25-21(31-19)29-16-11-26-20(27-12-16)32-40(37,38)7-6-17(35)13-34/h4-5,8-12,17,34-35H,6-7,13H2,1-3H3,(H,30,36)(H,25,29,31)(H,26,27,32). The van der Waals surface area contributed by atoms with Crippen molar-refractivity contribution >= 4 is 50.4 Å². The minimum atomic E-state index is -3.81. The Morgan fingerprint density at radius 3 is 2.38 bits per heavy atom. The molecule has 0 saturated heterocycles. The lowest BCUT2D eigenvalue weighted by molar-refractivity contribution is 0.0636. The van der Waals surface area contributed by atoms with Crippen molar-refractivity contribution in [2.75, 3.05) is 27.7 Å². The summed E-state index contributed by atoms with van der Waals surface area (Å²) >= 11 is 0. The number of nitrogens with one attached hydrogen (secondary N) is 3. The number of carbonyl (C=O) groups excluding carboxylic acids is 1. The number of nitrogens with zero attached hydrogens (tertiary/aromatic N) is 7. The molecule has 4 aromatic heterocycles. The first-order valence-electron chi connectivity index (χ1n) is 12.0.